The van der Waals surface area contributed by atoms with Gasteiger partial charge in [0.1, 0.15) is 11.9 Å². The highest BCUT2D eigenvalue weighted by Crippen LogP contribution is 2.27. The number of nitrogens with one attached hydrogen (secondary N) is 1. The third kappa shape index (κ3) is 2.43. The van der Waals surface area contributed by atoms with Gasteiger partial charge in [-0.05, 0) is 5.92 Å². The van der Waals surface area contributed by atoms with E-state index in [-0.39, 0.29) is 29.6 Å². The number of aromatic nitrogens is 1. The van der Waals surface area contributed by atoms with Crippen LogP contribution >= 0.6 is 0 Å². The second kappa shape index (κ2) is 5.44. The SMILES string of the molecule is CC[C@H](C)[C@H]1C(=O)Nc2cncc(F)c2CN1C(N)=O. The molecule has 2 atom stereocenters. The van der Waals surface area contributed by atoms with Crippen LogP contribution in [0.15, 0.2) is 12.4 Å². The van der Waals surface area contributed by atoms with E-state index in [4.69, 9.17) is 5.73 Å². The summed E-state index contributed by atoms with van der Waals surface area (Å²) in [5, 5.41) is 2.62. The molecule has 0 aliphatic carbocycles. The molecule has 1 aromatic rings. The summed E-state index contributed by atoms with van der Waals surface area (Å²) in [6.45, 7) is 3.72. The van der Waals surface area contributed by atoms with Crippen LogP contribution in [0.5, 0.6) is 0 Å². The Morgan fingerprint density at radius 3 is 2.95 bits per heavy atom. The van der Waals surface area contributed by atoms with Crippen LogP contribution in [0.25, 0.3) is 0 Å². The van der Waals surface area contributed by atoms with E-state index in [0.29, 0.717) is 6.42 Å². The number of halogens is 1. The van der Waals surface area contributed by atoms with E-state index in [2.05, 4.69) is 10.3 Å². The average molecular weight is 280 g/mol. The molecule has 7 heteroatoms. The Morgan fingerprint density at radius 1 is 1.65 bits per heavy atom. The van der Waals surface area contributed by atoms with Crippen LogP contribution in [-0.4, -0.2) is 27.9 Å². The highest BCUT2D eigenvalue weighted by atomic mass is 19.1. The Hall–Kier alpha value is -2.18. The molecule has 0 bridgehead atoms. The fraction of sp³-hybridized carbons (Fsp3) is 0.462. The Bertz CT molecular complexity index is 549. The fourth-order valence-corrected chi connectivity index (χ4v) is 2.35. The Balaban J connectivity index is 2.48. The molecule has 0 spiro atoms. The number of nitrogens with zero attached hydrogens (tertiary/aromatic N) is 2. The molecule has 108 valence electrons. The Labute approximate surface area is 116 Å². The summed E-state index contributed by atoms with van der Waals surface area (Å²) in [6, 6.07) is -1.46. The molecular weight excluding hydrogens is 263 g/mol. The van der Waals surface area contributed by atoms with Gasteiger partial charge in [0.05, 0.1) is 24.6 Å². The van der Waals surface area contributed by atoms with Crippen LogP contribution in [0.3, 0.4) is 0 Å². The minimum atomic E-state index is -0.741. The summed E-state index contributed by atoms with van der Waals surface area (Å²) in [6.07, 6.45) is 3.11. The van der Waals surface area contributed by atoms with Gasteiger partial charge in [-0.2, -0.15) is 0 Å². The van der Waals surface area contributed by atoms with Gasteiger partial charge in [0.2, 0.25) is 5.91 Å². The number of carbonyl (C=O) groups excluding carboxylic acids is 2. The minimum absolute atomic E-state index is 0.0488. The molecule has 0 radical (unpaired) electrons. The lowest BCUT2D eigenvalue weighted by Crippen LogP contribution is -2.50. The number of primary amides is 1. The minimum Gasteiger partial charge on any atom is -0.351 e. The maximum Gasteiger partial charge on any atom is 0.315 e. The number of urea groups is 1. The van der Waals surface area contributed by atoms with Gasteiger partial charge in [0, 0.05) is 5.56 Å². The molecule has 2 heterocycles. The molecule has 2 rings (SSSR count). The molecule has 20 heavy (non-hydrogen) atoms. The van der Waals surface area contributed by atoms with Gasteiger partial charge in [-0.1, -0.05) is 20.3 Å². The van der Waals surface area contributed by atoms with Crippen molar-refractivity contribution in [2.75, 3.05) is 5.32 Å². The van der Waals surface area contributed by atoms with Gasteiger partial charge in [-0.25, -0.2) is 9.18 Å². The lowest BCUT2D eigenvalue weighted by atomic mass is 9.97. The number of anilines is 1. The molecule has 0 fully saturated rings. The van der Waals surface area contributed by atoms with E-state index in [1.165, 1.54) is 11.1 Å². The quantitative estimate of drug-likeness (QED) is 0.859. The summed E-state index contributed by atoms with van der Waals surface area (Å²) >= 11 is 0. The van der Waals surface area contributed by atoms with Gasteiger partial charge < -0.3 is 16.0 Å². The summed E-state index contributed by atoms with van der Waals surface area (Å²) < 4.78 is 13.8. The molecular formula is C13H17FN4O2. The predicted octanol–water partition coefficient (Wildman–Crippen LogP) is 1.47. The molecule has 3 N–H and O–H groups in total. The number of fused-ring (bicyclic) bond motifs is 1. The van der Waals surface area contributed by atoms with Crippen LogP contribution in [-0.2, 0) is 11.3 Å². The van der Waals surface area contributed by atoms with Crippen molar-refractivity contribution in [2.24, 2.45) is 11.7 Å². The molecule has 1 aliphatic rings. The monoisotopic (exact) mass is 280 g/mol. The van der Waals surface area contributed by atoms with E-state index in [9.17, 15) is 14.0 Å². The lowest BCUT2D eigenvalue weighted by molar-refractivity contribution is -0.121. The fourth-order valence-electron chi connectivity index (χ4n) is 2.35. The third-order valence-electron chi connectivity index (χ3n) is 3.66. The van der Waals surface area contributed by atoms with Gasteiger partial charge >= 0.3 is 6.03 Å². The molecule has 0 unspecified atom stereocenters. The third-order valence-corrected chi connectivity index (χ3v) is 3.66. The maximum absolute atomic E-state index is 13.8. The van der Waals surface area contributed by atoms with E-state index >= 15 is 0 Å². The Kier molecular flexibility index (Phi) is 3.87. The molecule has 0 saturated heterocycles. The maximum atomic E-state index is 13.8. The average Bonchev–Trinajstić information content (AvgIpc) is 2.55. The number of amides is 3. The second-order valence-corrected chi connectivity index (χ2v) is 4.93. The van der Waals surface area contributed by atoms with Gasteiger partial charge in [0.25, 0.3) is 0 Å². The number of carbonyl (C=O) groups is 2. The lowest BCUT2D eigenvalue weighted by Gasteiger charge is -2.30. The highest BCUT2D eigenvalue weighted by molar-refractivity contribution is 5.98. The molecule has 6 nitrogen and oxygen atoms in total. The summed E-state index contributed by atoms with van der Waals surface area (Å²) in [5.74, 6) is -1.03. The van der Waals surface area contributed by atoms with Crippen LogP contribution in [0.2, 0.25) is 0 Å². The Morgan fingerprint density at radius 2 is 2.35 bits per heavy atom. The summed E-state index contributed by atoms with van der Waals surface area (Å²) in [7, 11) is 0. The molecule has 0 aromatic carbocycles. The van der Waals surface area contributed by atoms with Crippen molar-refractivity contribution in [3.63, 3.8) is 0 Å². The number of nitrogens with two attached hydrogens (primary N) is 1. The number of hydrogen-bond donors (Lipinski definition) is 2. The summed E-state index contributed by atoms with van der Waals surface area (Å²) in [5.41, 5.74) is 5.86. The van der Waals surface area contributed by atoms with Crippen LogP contribution in [0.1, 0.15) is 25.8 Å². The largest absolute Gasteiger partial charge is 0.351 e. The van der Waals surface area contributed by atoms with E-state index < -0.39 is 17.9 Å². The van der Waals surface area contributed by atoms with Crippen LogP contribution in [0.4, 0.5) is 14.9 Å². The normalized spacial score (nSPS) is 19.9. The van der Waals surface area contributed by atoms with Crippen molar-refractivity contribution in [3.05, 3.63) is 23.8 Å². The molecule has 1 aromatic heterocycles. The first-order chi connectivity index (χ1) is 9.45. The van der Waals surface area contributed by atoms with Crippen molar-refractivity contribution < 1.29 is 14.0 Å². The zero-order chi connectivity index (χ0) is 14.9. The first kappa shape index (κ1) is 14.2. The first-order valence-electron chi connectivity index (χ1n) is 6.45. The van der Waals surface area contributed by atoms with Gasteiger partial charge in [0.15, 0.2) is 0 Å². The molecule has 3 amide bonds. The van der Waals surface area contributed by atoms with Crippen LogP contribution in [0, 0.1) is 11.7 Å². The van der Waals surface area contributed by atoms with E-state index in [1.54, 1.807) is 0 Å². The van der Waals surface area contributed by atoms with Crippen molar-refractivity contribution in [2.45, 2.75) is 32.9 Å². The zero-order valence-electron chi connectivity index (χ0n) is 11.4. The number of pyridine rings is 1. The molecule has 1 aliphatic heterocycles. The van der Waals surface area contributed by atoms with Crippen molar-refractivity contribution in [3.8, 4) is 0 Å². The number of rotatable bonds is 2. The van der Waals surface area contributed by atoms with Gasteiger partial charge in [-0.3, -0.25) is 9.78 Å². The van der Waals surface area contributed by atoms with Gasteiger partial charge in [-0.15, -0.1) is 0 Å². The van der Waals surface area contributed by atoms with Crippen molar-refractivity contribution >= 4 is 17.6 Å². The van der Waals surface area contributed by atoms with Crippen molar-refractivity contribution in [1.82, 2.24) is 9.88 Å². The second-order valence-electron chi connectivity index (χ2n) is 4.93. The highest BCUT2D eigenvalue weighted by Gasteiger charge is 2.36. The van der Waals surface area contributed by atoms with Crippen LogP contribution < -0.4 is 11.1 Å². The van der Waals surface area contributed by atoms with E-state index in [1.807, 2.05) is 13.8 Å². The van der Waals surface area contributed by atoms with E-state index in [0.717, 1.165) is 6.20 Å². The topological polar surface area (TPSA) is 88.3 Å². The number of hydrogen-bond acceptors (Lipinski definition) is 3. The molecule has 0 saturated carbocycles. The van der Waals surface area contributed by atoms with Crippen molar-refractivity contribution in [1.29, 1.82) is 0 Å². The predicted molar refractivity (Wildman–Crippen MR) is 71.2 cm³/mol. The standard InChI is InChI=1S/C13H17FN4O2/c1-3-7(2)11-12(19)17-10-5-16-4-9(14)8(10)6-18(11)13(15)20/h4-5,7,11H,3,6H2,1-2H3,(H2,15,20)(H,17,19)/t7-,11-/m0/s1. The summed E-state index contributed by atoms with van der Waals surface area (Å²) in [4.78, 5) is 28.8. The smallest absolute Gasteiger partial charge is 0.315 e. The zero-order valence-corrected chi connectivity index (χ0v) is 11.4. The first-order valence-corrected chi connectivity index (χ1v) is 6.45.